The van der Waals surface area contributed by atoms with Crippen molar-refractivity contribution in [3.63, 3.8) is 0 Å². The zero-order valence-electron chi connectivity index (χ0n) is 15.4. The molecule has 0 aliphatic carbocycles. The average Bonchev–Trinajstić information content (AvgIpc) is 2.57. The Morgan fingerprint density at radius 2 is 0.870 bits per heavy atom. The van der Waals surface area contributed by atoms with Crippen molar-refractivity contribution in [2.24, 2.45) is 0 Å². The van der Waals surface area contributed by atoms with Gasteiger partial charge >= 0.3 is 0 Å². The minimum absolute atomic E-state index is 0.884. The van der Waals surface area contributed by atoms with Crippen LogP contribution in [0.25, 0.3) is 0 Å². The van der Waals surface area contributed by atoms with Crippen molar-refractivity contribution in [3.8, 4) is 0 Å². The van der Waals surface area contributed by atoms with Gasteiger partial charge in [-0.25, -0.2) is 0 Å². The van der Waals surface area contributed by atoms with Crippen LogP contribution in [0.3, 0.4) is 0 Å². The third kappa shape index (κ3) is 20.9. The van der Waals surface area contributed by atoms with Crippen molar-refractivity contribution in [1.82, 2.24) is 0 Å². The van der Waals surface area contributed by atoms with Crippen LogP contribution in [0.4, 0.5) is 0 Å². The minimum atomic E-state index is 0.884. The van der Waals surface area contributed by atoms with Crippen molar-refractivity contribution >= 4 is 6.21 Å². The largest absolute Gasteiger partial charge is 0.313 e. The predicted molar refractivity (Wildman–Crippen MR) is 107 cm³/mol. The molecule has 0 rings (SSSR count). The van der Waals surface area contributed by atoms with E-state index in [9.17, 15) is 0 Å². The third-order valence-corrected chi connectivity index (χ3v) is 3.95. The molecule has 0 saturated carbocycles. The minimum Gasteiger partial charge on any atom is -0.313 e. The number of allylic oxidation sites excluding steroid dienone is 6. The van der Waals surface area contributed by atoms with Gasteiger partial charge in [-0.3, -0.25) is 0 Å². The lowest BCUT2D eigenvalue weighted by molar-refractivity contribution is 0.621. The van der Waals surface area contributed by atoms with E-state index < -0.39 is 0 Å². The van der Waals surface area contributed by atoms with E-state index in [0.29, 0.717) is 0 Å². The van der Waals surface area contributed by atoms with Gasteiger partial charge in [0.25, 0.3) is 0 Å². The van der Waals surface area contributed by atoms with Crippen LogP contribution in [-0.4, -0.2) is 6.21 Å². The highest BCUT2D eigenvalue weighted by Crippen LogP contribution is 2.09. The van der Waals surface area contributed by atoms with Crippen molar-refractivity contribution in [1.29, 1.82) is 5.41 Å². The van der Waals surface area contributed by atoms with E-state index >= 15 is 0 Å². The molecule has 0 spiro atoms. The number of nitrogens with one attached hydrogen (secondary N) is 1. The van der Waals surface area contributed by atoms with Gasteiger partial charge in [0, 0.05) is 0 Å². The Hall–Kier alpha value is -1.11. The normalized spacial score (nSPS) is 12.0. The first-order chi connectivity index (χ1) is 11.4. The number of hydrogen-bond donors (Lipinski definition) is 1. The highest BCUT2D eigenvalue weighted by atomic mass is 14.3. The molecule has 0 amide bonds. The average molecular weight is 318 g/mol. The van der Waals surface area contributed by atoms with Crippen molar-refractivity contribution in [2.75, 3.05) is 0 Å². The lowest BCUT2D eigenvalue weighted by Crippen LogP contribution is -1.78. The van der Waals surface area contributed by atoms with Crippen LogP contribution in [0.15, 0.2) is 36.5 Å². The highest BCUT2D eigenvalue weighted by Gasteiger charge is 1.89. The monoisotopic (exact) mass is 317 g/mol. The zero-order chi connectivity index (χ0) is 16.8. The maximum absolute atomic E-state index is 6.94. The van der Waals surface area contributed by atoms with E-state index in [1.165, 1.54) is 83.3 Å². The molecule has 0 aliphatic rings. The molecular formula is C22H39N. The first-order valence-corrected chi connectivity index (χ1v) is 9.85. The Kier molecular flexibility index (Phi) is 19.9. The molecule has 0 atom stereocenters. The second-order valence-electron chi connectivity index (χ2n) is 6.23. The molecule has 0 aromatic heterocycles. The summed E-state index contributed by atoms with van der Waals surface area (Å²) in [6.07, 6.45) is 32.9. The summed E-state index contributed by atoms with van der Waals surface area (Å²) in [7, 11) is 0. The topological polar surface area (TPSA) is 23.9 Å². The molecule has 0 saturated heterocycles. The van der Waals surface area contributed by atoms with Crippen molar-refractivity contribution in [2.45, 2.75) is 96.8 Å². The van der Waals surface area contributed by atoms with Crippen LogP contribution in [-0.2, 0) is 0 Å². The van der Waals surface area contributed by atoms with Gasteiger partial charge in [0.2, 0.25) is 0 Å². The van der Waals surface area contributed by atoms with E-state index in [1.807, 2.05) is 0 Å². The molecule has 0 aromatic carbocycles. The standard InChI is InChI=1S/C22H39N/c1-2-3-4-5-6-7-8-9-10-11-12-13-14-15-16-17-18-19-20-21-22-23/h3-4,12-13,18-19,22-23H,2,5-11,14-17,20-21H2,1H3/b4-3-,13-12-,19-18-,23-22?. The lowest BCUT2D eigenvalue weighted by atomic mass is 10.1. The van der Waals surface area contributed by atoms with Crippen LogP contribution < -0.4 is 0 Å². The summed E-state index contributed by atoms with van der Waals surface area (Å²) in [6, 6.07) is 0. The number of unbranched alkanes of at least 4 members (excludes halogenated alkanes) is 10. The van der Waals surface area contributed by atoms with Crippen molar-refractivity contribution < 1.29 is 0 Å². The van der Waals surface area contributed by atoms with Gasteiger partial charge in [0.15, 0.2) is 0 Å². The Balaban J connectivity index is 3.15. The van der Waals surface area contributed by atoms with E-state index in [2.05, 4.69) is 43.4 Å². The Morgan fingerprint density at radius 3 is 1.35 bits per heavy atom. The molecule has 0 bridgehead atoms. The summed E-state index contributed by atoms with van der Waals surface area (Å²) < 4.78 is 0. The SMILES string of the molecule is CC/C=C\CCCCCCC/C=C\CCCC/C=C\CCC=N. The summed E-state index contributed by atoms with van der Waals surface area (Å²) in [5.74, 6) is 0. The Bertz CT molecular complexity index is 312. The Morgan fingerprint density at radius 1 is 0.478 bits per heavy atom. The molecule has 0 aliphatic heterocycles. The van der Waals surface area contributed by atoms with Gasteiger partial charge in [0.1, 0.15) is 0 Å². The third-order valence-electron chi connectivity index (χ3n) is 3.95. The van der Waals surface area contributed by atoms with E-state index in [-0.39, 0.29) is 0 Å². The van der Waals surface area contributed by atoms with Gasteiger partial charge in [-0.15, -0.1) is 0 Å². The molecule has 0 aromatic rings. The molecule has 1 heteroatoms. The van der Waals surface area contributed by atoms with E-state index in [1.54, 1.807) is 0 Å². The number of rotatable bonds is 17. The molecule has 23 heavy (non-hydrogen) atoms. The fraction of sp³-hybridized carbons (Fsp3) is 0.682. The summed E-state index contributed by atoms with van der Waals surface area (Å²) in [6.45, 7) is 2.20. The van der Waals surface area contributed by atoms with Gasteiger partial charge in [0.05, 0.1) is 0 Å². The molecule has 1 N–H and O–H groups in total. The van der Waals surface area contributed by atoms with Gasteiger partial charge < -0.3 is 5.41 Å². The maximum atomic E-state index is 6.94. The zero-order valence-corrected chi connectivity index (χ0v) is 15.4. The first kappa shape index (κ1) is 21.9. The highest BCUT2D eigenvalue weighted by molar-refractivity contribution is 5.52. The lowest BCUT2D eigenvalue weighted by Gasteiger charge is -1.98. The van der Waals surface area contributed by atoms with E-state index in [0.717, 1.165) is 12.8 Å². The van der Waals surface area contributed by atoms with Crippen LogP contribution >= 0.6 is 0 Å². The molecule has 0 unspecified atom stereocenters. The smallest absolute Gasteiger partial charge is 0.00447 e. The second kappa shape index (κ2) is 20.9. The van der Waals surface area contributed by atoms with Gasteiger partial charge in [-0.2, -0.15) is 0 Å². The fourth-order valence-electron chi connectivity index (χ4n) is 2.51. The van der Waals surface area contributed by atoms with Crippen LogP contribution in [0.2, 0.25) is 0 Å². The van der Waals surface area contributed by atoms with E-state index in [4.69, 9.17) is 5.41 Å². The summed E-state index contributed by atoms with van der Waals surface area (Å²) in [4.78, 5) is 0. The van der Waals surface area contributed by atoms with Gasteiger partial charge in [-0.05, 0) is 76.8 Å². The van der Waals surface area contributed by atoms with Crippen LogP contribution in [0.1, 0.15) is 96.8 Å². The van der Waals surface area contributed by atoms with Crippen molar-refractivity contribution in [3.05, 3.63) is 36.5 Å². The fourth-order valence-corrected chi connectivity index (χ4v) is 2.51. The number of hydrogen-bond acceptors (Lipinski definition) is 1. The molecule has 0 heterocycles. The molecule has 1 nitrogen and oxygen atoms in total. The second-order valence-corrected chi connectivity index (χ2v) is 6.23. The van der Waals surface area contributed by atoms with Gasteiger partial charge in [-0.1, -0.05) is 62.6 Å². The molecule has 0 radical (unpaired) electrons. The first-order valence-electron chi connectivity index (χ1n) is 9.85. The summed E-state index contributed by atoms with van der Waals surface area (Å²) >= 11 is 0. The predicted octanol–water partition coefficient (Wildman–Crippen LogP) is 7.79. The molecule has 132 valence electrons. The quantitative estimate of drug-likeness (QED) is 0.161. The summed E-state index contributed by atoms with van der Waals surface area (Å²) in [5.41, 5.74) is 0. The van der Waals surface area contributed by atoms with Crippen LogP contribution in [0, 0.1) is 5.41 Å². The molecule has 0 fully saturated rings. The van der Waals surface area contributed by atoms with Crippen LogP contribution in [0.5, 0.6) is 0 Å². The summed E-state index contributed by atoms with van der Waals surface area (Å²) in [5, 5.41) is 6.94. The maximum Gasteiger partial charge on any atom is -0.00447 e. The molecular weight excluding hydrogens is 278 g/mol. The Labute approximate surface area is 145 Å².